The van der Waals surface area contributed by atoms with Gasteiger partial charge in [-0.3, -0.25) is 4.79 Å². The monoisotopic (exact) mass is 405 g/mol. The molecule has 154 valence electrons. The molecule has 0 heterocycles. The number of benzene rings is 3. The Kier molecular flexibility index (Phi) is 7.19. The number of amides is 1. The van der Waals surface area contributed by atoms with Gasteiger partial charge in [-0.1, -0.05) is 48.5 Å². The molecule has 0 aliphatic heterocycles. The van der Waals surface area contributed by atoms with E-state index in [-0.39, 0.29) is 25.7 Å². The largest absolute Gasteiger partial charge is 0.488 e. The average Bonchev–Trinajstić information content (AvgIpc) is 2.80. The van der Waals surface area contributed by atoms with Crippen molar-refractivity contribution in [3.8, 4) is 5.75 Å². The van der Waals surface area contributed by atoms with Gasteiger partial charge >= 0.3 is 5.97 Å². The van der Waals surface area contributed by atoms with Crippen molar-refractivity contribution in [3.05, 3.63) is 83.4 Å². The molecule has 0 aliphatic rings. The number of methoxy groups -OCH3 is 1. The fourth-order valence-corrected chi connectivity index (χ4v) is 2.97. The summed E-state index contributed by atoms with van der Waals surface area (Å²) in [6.45, 7) is 0.0345. The summed E-state index contributed by atoms with van der Waals surface area (Å²) in [6, 6.07) is 20.3. The highest BCUT2D eigenvalue weighted by molar-refractivity contribution is 5.98. The van der Waals surface area contributed by atoms with Crippen LogP contribution in [0.4, 0.5) is 0 Å². The van der Waals surface area contributed by atoms with Crippen LogP contribution in [0, 0.1) is 0 Å². The molecule has 0 fully saturated rings. The number of carbonyl (C=O) groups is 2. The van der Waals surface area contributed by atoms with Crippen LogP contribution >= 0.6 is 0 Å². The third-order valence-electron chi connectivity index (χ3n) is 4.49. The Morgan fingerprint density at radius 2 is 1.73 bits per heavy atom. The van der Waals surface area contributed by atoms with E-state index in [1.54, 1.807) is 30.3 Å². The van der Waals surface area contributed by atoms with Crippen molar-refractivity contribution in [2.24, 2.45) is 0 Å². The molecule has 3 aromatic rings. The summed E-state index contributed by atoms with van der Waals surface area (Å²) < 4.78 is 10.7. The molecular formula is C24H23NO5. The molecule has 0 saturated carbocycles. The lowest BCUT2D eigenvalue weighted by Crippen LogP contribution is -2.29. The van der Waals surface area contributed by atoms with Gasteiger partial charge in [0.15, 0.2) is 0 Å². The first kappa shape index (κ1) is 21.1. The van der Waals surface area contributed by atoms with Gasteiger partial charge in [0.1, 0.15) is 12.4 Å². The zero-order valence-electron chi connectivity index (χ0n) is 16.6. The number of hydrogen-bond donors (Lipinski definition) is 2. The minimum Gasteiger partial charge on any atom is -0.488 e. The van der Waals surface area contributed by atoms with Crippen molar-refractivity contribution in [1.82, 2.24) is 5.32 Å². The van der Waals surface area contributed by atoms with Gasteiger partial charge in [-0.05, 0) is 35.2 Å². The number of fused-ring (bicyclic) bond motifs is 1. The first-order valence-corrected chi connectivity index (χ1v) is 9.51. The number of rotatable bonds is 8. The second-order valence-corrected chi connectivity index (χ2v) is 6.53. The van der Waals surface area contributed by atoms with Gasteiger partial charge in [-0.15, -0.1) is 0 Å². The highest BCUT2D eigenvalue weighted by atomic mass is 16.5. The molecule has 6 heteroatoms. The van der Waals surface area contributed by atoms with Crippen molar-refractivity contribution < 1.29 is 24.2 Å². The molecular weight excluding hydrogens is 382 g/mol. The number of nitrogens with one attached hydrogen (secondary N) is 1. The maximum Gasteiger partial charge on any atom is 0.337 e. The van der Waals surface area contributed by atoms with Crippen molar-refractivity contribution in [3.63, 3.8) is 0 Å². The van der Waals surface area contributed by atoms with Gasteiger partial charge in [0.2, 0.25) is 0 Å². The maximum absolute atomic E-state index is 12.6. The molecule has 0 bridgehead atoms. The second-order valence-electron chi connectivity index (χ2n) is 6.53. The Labute approximate surface area is 174 Å². The van der Waals surface area contributed by atoms with Crippen LogP contribution in [-0.2, 0) is 9.53 Å². The van der Waals surface area contributed by atoms with Crippen LogP contribution in [0.2, 0.25) is 0 Å². The van der Waals surface area contributed by atoms with Crippen LogP contribution in [-0.4, -0.2) is 43.9 Å². The third-order valence-corrected chi connectivity index (χ3v) is 4.49. The molecule has 3 rings (SSSR count). The Bertz CT molecular complexity index is 1050. The standard InChI is InChI=1S/C24H23NO5/c1-29-24(28)19-11-9-17(10-12-19)15-20(23(27)25-13-14-26)16-30-22-8-4-6-18-5-2-3-7-21(18)22/h2-12,15,26H,13-14,16H2,1H3,(H,25,27). The number of carbonyl (C=O) groups excluding carboxylic acids is 2. The molecule has 3 aromatic carbocycles. The summed E-state index contributed by atoms with van der Waals surface area (Å²) >= 11 is 0. The van der Waals surface area contributed by atoms with Gasteiger partial charge in [0.25, 0.3) is 5.91 Å². The van der Waals surface area contributed by atoms with E-state index in [1.807, 2.05) is 42.5 Å². The molecule has 1 amide bonds. The van der Waals surface area contributed by atoms with Gasteiger partial charge < -0.3 is 19.9 Å². The van der Waals surface area contributed by atoms with E-state index in [0.29, 0.717) is 16.9 Å². The zero-order valence-corrected chi connectivity index (χ0v) is 16.6. The smallest absolute Gasteiger partial charge is 0.337 e. The average molecular weight is 405 g/mol. The SMILES string of the molecule is COC(=O)c1ccc(C=C(COc2cccc3ccccc23)C(=O)NCCO)cc1. The fraction of sp³-hybridized carbons (Fsp3) is 0.167. The summed E-state index contributed by atoms with van der Waals surface area (Å²) in [5.74, 6) is -0.0814. The minimum atomic E-state index is -0.425. The first-order valence-electron chi connectivity index (χ1n) is 9.51. The molecule has 0 atom stereocenters. The van der Waals surface area contributed by atoms with Crippen molar-refractivity contribution >= 4 is 28.7 Å². The topological polar surface area (TPSA) is 84.9 Å². The predicted octanol–water partition coefficient (Wildman–Crippen LogP) is 3.20. The quantitative estimate of drug-likeness (QED) is 0.444. The minimum absolute atomic E-state index is 0.0457. The van der Waals surface area contributed by atoms with E-state index in [9.17, 15) is 9.59 Å². The van der Waals surface area contributed by atoms with Gasteiger partial charge in [-0.2, -0.15) is 0 Å². The lowest BCUT2D eigenvalue weighted by molar-refractivity contribution is -0.117. The van der Waals surface area contributed by atoms with Crippen molar-refractivity contribution in [1.29, 1.82) is 0 Å². The lowest BCUT2D eigenvalue weighted by Gasteiger charge is -2.12. The maximum atomic E-state index is 12.6. The summed E-state index contributed by atoms with van der Waals surface area (Å²) in [5, 5.41) is 13.7. The third kappa shape index (κ3) is 5.24. The van der Waals surface area contributed by atoms with Crippen LogP contribution in [0.1, 0.15) is 15.9 Å². The Morgan fingerprint density at radius 3 is 2.47 bits per heavy atom. The van der Waals surface area contributed by atoms with Gasteiger partial charge in [0, 0.05) is 11.9 Å². The second kappa shape index (κ2) is 10.2. The molecule has 30 heavy (non-hydrogen) atoms. The number of ether oxygens (including phenoxy) is 2. The van der Waals surface area contributed by atoms with Crippen molar-refractivity contribution in [2.75, 3.05) is 26.9 Å². The summed E-state index contributed by atoms with van der Waals surface area (Å²) in [7, 11) is 1.32. The predicted molar refractivity (Wildman–Crippen MR) is 115 cm³/mol. The number of esters is 1. The molecule has 0 aromatic heterocycles. The van der Waals surface area contributed by atoms with E-state index in [2.05, 4.69) is 5.32 Å². The van der Waals surface area contributed by atoms with E-state index in [0.717, 1.165) is 16.3 Å². The highest BCUT2D eigenvalue weighted by Gasteiger charge is 2.12. The fourth-order valence-electron chi connectivity index (χ4n) is 2.97. The van der Waals surface area contributed by atoms with E-state index < -0.39 is 5.97 Å². The molecule has 0 aliphatic carbocycles. The molecule has 6 nitrogen and oxygen atoms in total. The van der Waals surface area contributed by atoms with Gasteiger partial charge in [0.05, 0.1) is 24.9 Å². The van der Waals surface area contributed by atoms with E-state index >= 15 is 0 Å². The summed E-state index contributed by atoms with van der Waals surface area (Å²) in [6.07, 6.45) is 1.69. The molecule has 0 saturated heterocycles. The normalized spacial score (nSPS) is 11.2. The summed E-state index contributed by atoms with van der Waals surface area (Å²) in [5.41, 5.74) is 1.55. The molecule has 0 radical (unpaired) electrons. The first-order chi connectivity index (χ1) is 14.6. The van der Waals surface area contributed by atoms with E-state index in [1.165, 1.54) is 7.11 Å². The lowest BCUT2D eigenvalue weighted by atomic mass is 10.1. The number of hydrogen-bond acceptors (Lipinski definition) is 5. The Morgan fingerprint density at radius 1 is 1.00 bits per heavy atom. The molecule has 0 unspecified atom stereocenters. The van der Waals surface area contributed by atoms with Crippen molar-refractivity contribution in [2.45, 2.75) is 0 Å². The van der Waals surface area contributed by atoms with Crippen LogP contribution in [0.5, 0.6) is 5.75 Å². The van der Waals surface area contributed by atoms with Crippen LogP contribution in [0.15, 0.2) is 72.3 Å². The van der Waals surface area contributed by atoms with Crippen LogP contribution < -0.4 is 10.1 Å². The van der Waals surface area contributed by atoms with E-state index in [4.69, 9.17) is 14.6 Å². The Balaban J connectivity index is 1.84. The molecule has 2 N–H and O–H groups in total. The summed E-state index contributed by atoms with van der Waals surface area (Å²) in [4.78, 5) is 24.2. The van der Waals surface area contributed by atoms with Gasteiger partial charge in [-0.25, -0.2) is 4.79 Å². The van der Waals surface area contributed by atoms with Crippen LogP contribution in [0.25, 0.3) is 16.8 Å². The number of aliphatic hydroxyl groups excluding tert-OH is 1. The Hall–Kier alpha value is -3.64. The zero-order chi connectivity index (χ0) is 21.3. The molecule has 0 spiro atoms. The highest BCUT2D eigenvalue weighted by Crippen LogP contribution is 2.25. The van der Waals surface area contributed by atoms with Crippen LogP contribution in [0.3, 0.4) is 0 Å². The number of aliphatic hydroxyl groups is 1.